The van der Waals surface area contributed by atoms with Crippen molar-refractivity contribution in [1.82, 2.24) is 10.2 Å². The van der Waals surface area contributed by atoms with Crippen LogP contribution in [-0.4, -0.2) is 17.3 Å². The molecule has 4 nitrogen and oxygen atoms in total. The minimum Gasteiger partial charge on any atom is -0.497 e. The lowest BCUT2D eigenvalue weighted by Crippen LogP contribution is -1.89. The molecule has 20 heavy (non-hydrogen) atoms. The first-order valence-electron chi connectivity index (χ1n) is 5.92. The monoisotopic (exact) mass is 349 g/mol. The molecule has 0 radical (unpaired) electrons. The zero-order valence-corrected chi connectivity index (χ0v) is 13.1. The van der Waals surface area contributed by atoms with Gasteiger partial charge in [0.05, 0.1) is 18.4 Å². The predicted molar refractivity (Wildman–Crippen MR) is 86.0 cm³/mol. The lowest BCUT2D eigenvalue weighted by atomic mass is 10.1. The predicted octanol–water partition coefficient (Wildman–Crippen LogP) is 4.16. The molecule has 0 atom stereocenters. The number of nitrogens with two attached hydrogens (primary N) is 1. The van der Waals surface area contributed by atoms with Gasteiger partial charge in [-0.3, -0.25) is 5.10 Å². The Labute approximate surface area is 128 Å². The summed E-state index contributed by atoms with van der Waals surface area (Å²) < 4.78 is 6.24. The summed E-state index contributed by atoms with van der Waals surface area (Å²) >= 11 is 5.20. The van der Waals surface area contributed by atoms with E-state index in [4.69, 9.17) is 10.5 Å². The molecular formula is C14H12BrN3OS. The van der Waals surface area contributed by atoms with Crippen LogP contribution in [0.2, 0.25) is 0 Å². The van der Waals surface area contributed by atoms with Gasteiger partial charge < -0.3 is 10.5 Å². The number of H-pyrrole nitrogens is 1. The van der Waals surface area contributed by atoms with Crippen LogP contribution < -0.4 is 10.5 Å². The van der Waals surface area contributed by atoms with Gasteiger partial charge in [0.2, 0.25) is 0 Å². The Morgan fingerprint density at radius 3 is 2.90 bits per heavy atom. The largest absolute Gasteiger partial charge is 0.497 e. The van der Waals surface area contributed by atoms with Gasteiger partial charge in [0.25, 0.3) is 0 Å². The maximum Gasteiger partial charge on any atom is 0.154 e. The first-order chi connectivity index (χ1) is 9.70. The highest BCUT2D eigenvalue weighted by molar-refractivity contribution is 9.10. The summed E-state index contributed by atoms with van der Waals surface area (Å²) in [6.45, 7) is 0. The quantitative estimate of drug-likeness (QED) is 0.746. The number of nitrogen functional groups attached to an aromatic ring is 1. The van der Waals surface area contributed by atoms with Crippen LogP contribution in [0.15, 0.2) is 40.2 Å². The molecule has 0 saturated carbocycles. The fraction of sp³-hybridized carbons (Fsp3) is 0.0714. The molecule has 1 aromatic carbocycles. The van der Waals surface area contributed by atoms with Gasteiger partial charge in [-0.1, -0.05) is 22.0 Å². The first kappa shape index (κ1) is 13.2. The second-order valence-electron chi connectivity index (χ2n) is 4.18. The summed E-state index contributed by atoms with van der Waals surface area (Å²) in [4.78, 5) is 1.08. The van der Waals surface area contributed by atoms with Crippen molar-refractivity contribution in [3.05, 3.63) is 40.2 Å². The van der Waals surface area contributed by atoms with E-state index in [2.05, 4.69) is 26.1 Å². The van der Waals surface area contributed by atoms with E-state index in [9.17, 15) is 0 Å². The Bertz CT molecular complexity index is 737. The van der Waals surface area contributed by atoms with Crippen molar-refractivity contribution >= 4 is 33.1 Å². The van der Waals surface area contributed by atoms with E-state index in [1.54, 1.807) is 18.4 Å². The smallest absolute Gasteiger partial charge is 0.154 e. The Balaban J connectivity index is 2.21. The summed E-state index contributed by atoms with van der Waals surface area (Å²) in [7, 11) is 1.65. The second-order valence-corrected chi connectivity index (χ2v) is 5.98. The third-order valence-corrected chi connectivity index (χ3v) is 4.58. The number of hydrogen-bond acceptors (Lipinski definition) is 4. The van der Waals surface area contributed by atoms with Gasteiger partial charge in [0.1, 0.15) is 5.75 Å². The number of thiophene rings is 1. The Morgan fingerprint density at radius 1 is 1.35 bits per heavy atom. The van der Waals surface area contributed by atoms with Crippen LogP contribution in [0.5, 0.6) is 5.75 Å². The molecule has 3 aromatic rings. The van der Waals surface area contributed by atoms with Crippen molar-refractivity contribution in [3.63, 3.8) is 0 Å². The lowest BCUT2D eigenvalue weighted by molar-refractivity contribution is 0.415. The zero-order valence-electron chi connectivity index (χ0n) is 10.7. The average molecular weight is 350 g/mol. The van der Waals surface area contributed by atoms with Crippen molar-refractivity contribution in [1.29, 1.82) is 0 Å². The van der Waals surface area contributed by atoms with Gasteiger partial charge in [0.15, 0.2) is 5.82 Å². The number of rotatable bonds is 3. The Kier molecular flexibility index (Phi) is 3.50. The van der Waals surface area contributed by atoms with E-state index >= 15 is 0 Å². The van der Waals surface area contributed by atoms with Gasteiger partial charge in [-0.25, -0.2) is 0 Å². The number of ether oxygens (including phenoxy) is 1. The van der Waals surface area contributed by atoms with Gasteiger partial charge in [-0.2, -0.15) is 5.10 Å². The van der Waals surface area contributed by atoms with Crippen molar-refractivity contribution in [2.24, 2.45) is 0 Å². The summed E-state index contributed by atoms with van der Waals surface area (Å²) in [5.74, 6) is 1.28. The number of aromatic amines is 1. The number of aromatic nitrogens is 2. The highest BCUT2D eigenvalue weighted by atomic mass is 79.9. The Hall–Kier alpha value is -1.79. The maximum atomic E-state index is 6.01. The zero-order chi connectivity index (χ0) is 14.1. The molecule has 0 unspecified atom stereocenters. The fourth-order valence-electron chi connectivity index (χ4n) is 2.04. The minimum absolute atomic E-state index is 0.497. The Morgan fingerprint density at radius 2 is 2.20 bits per heavy atom. The van der Waals surface area contributed by atoms with Crippen LogP contribution in [0.1, 0.15) is 0 Å². The highest BCUT2D eigenvalue weighted by Crippen LogP contribution is 2.40. The van der Waals surface area contributed by atoms with Crippen molar-refractivity contribution in [2.45, 2.75) is 0 Å². The first-order valence-corrected chi connectivity index (χ1v) is 7.59. The molecule has 3 N–H and O–H groups in total. The highest BCUT2D eigenvalue weighted by Gasteiger charge is 2.17. The van der Waals surface area contributed by atoms with E-state index in [-0.39, 0.29) is 0 Å². The third-order valence-electron chi connectivity index (χ3n) is 3.00. The number of halogens is 1. The van der Waals surface area contributed by atoms with Crippen LogP contribution >= 0.6 is 27.3 Å². The molecule has 6 heteroatoms. The molecule has 0 spiro atoms. The normalized spacial score (nSPS) is 10.7. The number of nitrogens with zero attached hydrogens (tertiary/aromatic N) is 1. The van der Waals surface area contributed by atoms with E-state index in [0.29, 0.717) is 5.82 Å². The number of anilines is 1. The van der Waals surface area contributed by atoms with Gasteiger partial charge >= 0.3 is 0 Å². The minimum atomic E-state index is 0.497. The standard InChI is InChI=1S/C14H12BrN3OS/c1-19-8-4-5-10(15)9(7-8)13-12(14(16)18-17-13)11-3-2-6-20-11/h2-7H,1H3,(H3,16,17,18). The lowest BCUT2D eigenvalue weighted by Gasteiger charge is -2.07. The average Bonchev–Trinajstić information content (AvgIpc) is 3.08. The van der Waals surface area contributed by atoms with Crippen molar-refractivity contribution in [2.75, 3.05) is 12.8 Å². The van der Waals surface area contributed by atoms with E-state index < -0.39 is 0 Å². The molecule has 2 aromatic heterocycles. The topological polar surface area (TPSA) is 63.9 Å². The van der Waals surface area contributed by atoms with Crippen LogP contribution in [0.3, 0.4) is 0 Å². The molecule has 0 aliphatic rings. The summed E-state index contributed by atoms with van der Waals surface area (Å²) in [6.07, 6.45) is 0. The van der Waals surface area contributed by atoms with E-state index in [1.807, 2.05) is 35.7 Å². The van der Waals surface area contributed by atoms with Gasteiger partial charge in [0, 0.05) is 14.9 Å². The maximum absolute atomic E-state index is 6.01. The molecule has 0 fully saturated rings. The number of benzene rings is 1. The number of hydrogen-bond donors (Lipinski definition) is 2. The molecule has 2 heterocycles. The van der Waals surface area contributed by atoms with E-state index in [1.165, 1.54) is 0 Å². The third kappa shape index (κ3) is 2.21. The molecule has 0 saturated heterocycles. The molecule has 0 aliphatic carbocycles. The fourth-order valence-corrected chi connectivity index (χ4v) is 3.27. The van der Waals surface area contributed by atoms with Crippen LogP contribution in [0.25, 0.3) is 21.7 Å². The summed E-state index contributed by atoms with van der Waals surface area (Å²) in [5.41, 5.74) is 8.79. The van der Waals surface area contributed by atoms with E-state index in [0.717, 1.165) is 31.9 Å². The van der Waals surface area contributed by atoms with Crippen LogP contribution in [0, 0.1) is 0 Å². The van der Waals surface area contributed by atoms with Gasteiger partial charge in [-0.15, -0.1) is 11.3 Å². The van der Waals surface area contributed by atoms with Crippen molar-refractivity contribution < 1.29 is 4.74 Å². The summed E-state index contributed by atoms with van der Waals surface area (Å²) in [5, 5.41) is 9.18. The SMILES string of the molecule is COc1ccc(Br)c(-c2[nH]nc(N)c2-c2cccs2)c1. The summed E-state index contributed by atoms with van der Waals surface area (Å²) in [6, 6.07) is 9.83. The molecule has 0 aliphatic heterocycles. The molecule has 3 rings (SSSR count). The number of methoxy groups -OCH3 is 1. The van der Waals surface area contributed by atoms with Crippen LogP contribution in [-0.2, 0) is 0 Å². The molecule has 0 amide bonds. The molecule has 102 valence electrons. The molecule has 0 bridgehead atoms. The van der Waals surface area contributed by atoms with Crippen molar-refractivity contribution in [3.8, 4) is 27.4 Å². The van der Waals surface area contributed by atoms with Gasteiger partial charge in [-0.05, 0) is 29.6 Å². The molecular weight excluding hydrogens is 338 g/mol. The second kappa shape index (κ2) is 5.30. The number of nitrogens with one attached hydrogen (secondary N) is 1. The van der Waals surface area contributed by atoms with Crippen LogP contribution in [0.4, 0.5) is 5.82 Å².